The highest BCUT2D eigenvalue weighted by molar-refractivity contribution is 6.35. The summed E-state index contributed by atoms with van der Waals surface area (Å²) in [6, 6.07) is 8.34. The van der Waals surface area contributed by atoms with Crippen molar-refractivity contribution in [3.63, 3.8) is 0 Å². The number of rotatable bonds is 3. The van der Waals surface area contributed by atoms with Crippen LogP contribution in [0, 0.1) is 0 Å². The van der Waals surface area contributed by atoms with Crippen LogP contribution in [0.25, 0.3) is 11.3 Å². The van der Waals surface area contributed by atoms with Crippen LogP contribution in [0.5, 0.6) is 0 Å². The minimum absolute atomic E-state index is 0.155. The van der Waals surface area contributed by atoms with E-state index in [4.69, 9.17) is 23.2 Å². The van der Waals surface area contributed by atoms with Gasteiger partial charge in [0.2, 0.25) is 0 Å². The number of aromatic nitrogens is 3. The first-order valence-electron chi connectivity index (χ1n) is 6.23. The Morgan fingerprint density at radius 3 is 2.55 bits per heavy atom. The van der Waals surface area contributed by atoms with Crippen LogP contribution in [0.3, 0.4) is 0 Å². The van der Waals surface area contributed by atoms with Gasteiger partial charge in [-0.25, -0.2) is 0 Å². The quantitative estimate of drug-likeness (QED) is 0.692. The van der Waals surface area contributed by atoms with E-state index in [2.05, 4.69) is 25.4 Å². The summed E-state index contributed by atoms with van der Waals surface area (Å²) < 4.78 is 0. The van der Waals surface area contributed by atoms with Gasteiger partial charge in [0.1, 0.15) is 5.69 Å². The first-order chi connectivity index (χ1) is 10.6. The van der Waals surface area contributed by atoms with E-state index in [1.54, 1.807) is 42.7 Å². The normalized spacial score (nSPS) is 11.2. The Hall–Kier alpha value is -2.44. The standard InChI is InChI=1S/C14H9Cl2N5O/c15-9-1-2-10(16)11(7-9)18-20-13-12(19-21-14(13)22)8-3-5-17-6-4-8/h1-7H,(H2,19,21,22). The van der Waals surface area contributed by atoms with Crippen LogP contribution < -0.4 is 5.56 Å². The zero-order valence-electron chi connectivity index (χ0n) is 11.0. The third-order valence-corrected chi connectivity index (χ3v) is 3.44. The summed E-state index contributed by atoms with van der Waals surface area (Å²) in [7, 11) is 0. The summed E-state index contributed by atoms with van der Waals surface area (Å²) in [6.07, 6.45) is 3.24. The zero-order valence-corrected chi connectivity index (χ0v) is 12.6. The lowest BCUT2D eigenvalue weighted by molar-refractivity contribution is 1.06. The lowest BCUT2D eigenvalue weighted by Crippen LogP contribution is -1.96. The molecule has 0 saturated heterocycles. The van der Waals surface area contributed by atoms with E-state index in [0.29, 0.717) is 21.4 Å². The molecular weight excluding hydrogens is 325 g/mol. The van der Waals surface area contributed by atoms with E-state index >= 15 is 0 Å². The van der Waals surface area contributed by atoms with Gasteiger partial charge in [0.15, 0.2) is 5.69 Å². The molecule has 0 aliphatic carbocycles. The minimum Gasteiger partial charge on any atom is -0.295 e. The Morgan fingerprint density at radius 2 is 1.77 bits per heavy atom. The number of nitrogens with one attached hydrogen (secondary N) is 2. The van der Waals surface area contributed by atoms with Crippen LogP contribution >= 0.6 is 23.2 Å². The summed E-state index contributed by atoms with van der Waals surface area (Å²) in [6.45, 7) is 0. The number of pyridine rings is 1. The molecule has 0 radical (unpaired) electrons. The first-order valence-corrected chi connectivity index (χ1v) is 6.98. The molecule has 22 heavy (non-hydrogen) atoms. The van der Waals surface area contributed by atoms with Gasteiger partial charge in [0, 0.05) is 23.0 Å². The van der Waals surface area contributed by atoms with E-state index in [-0.39, 0.29) is 11.2 Å². The van der Waals surface area contributed by atoms with E-state index < -0.39 is 0 Å². The molecule has 0 spiro atoms. The molecule has 0 unspecified atom stereocenters. The minimum atomic E-state index is -0.381. The molecule has 0 fully saturated rings. The van der Waals surface area contributed by atoms with Crippen molar-refractivity contribution in [3.05, 3.63) is 63.1 Å². The lowest BCUT2D eigenvalue weighted by Gasteiger charge is -1.99. The van der Waals surface area contributed by atoms with E-state index in [1.165, 1.54) is 0 Å². The molecule has 6 nitrogen and oxygen atoms in total. The Balaban J connectivity index is 2.03. The van der Waals surface area contributed by atoms with Crippen molar-refractivity contribution in [1.82, 2.24) is 15.2 Å². The van der Waals surface area contributed by atoms with Crippen molar-refractivity contribution < 1.29 is 0 Å². The fourth-order valence-corrected chi connectivity index (χ4v) is 2.16. The molecule has 8 heteroatoms. The number of aromatic amines is 2. The topological polar surface area (TPSA) is 86.3 Å². The number of hydrogen-bond donors (Lipinski definition) is 2. The number of halogens is 2. The monoisotopic (exact) mass is 333 g/mol. The van der Waals surface area contributed by atoms with E-state index in [1.807, 2.05) is 0 Å². The zero-order chi connectivity index (χ0) is 15.5. The molecule has 1 aromatic carbocycles. The van der Waals surface area contributed by atoms with Gasteiger partial charge in [-0.05, 0) is 30.3 Å². The van der Waals surface area contributed by atoms with Crippen molar-refractivity contribution in [2.75, 3.05) is 0 Å². The summed E-state index contributed by atoms with van der Waals surface area (Å²) in [5.74, 6) is 0. The molecule has 2 N–H and O–H groups in total. The fraction of sp³-hybridized carbons (Fsp3) is 0. The van der Waals surface area contributed by atoms with Gasteiger partial charge in [-0.1, -0.05) is 23.2 Å². The summed E-state index contributed by atoms with van der Waals surface area (Å²) in [5.41, 5.74) is 1.44. The predicted molar refractivity (Wildman–Crippen MR) is 85.3 cm³/mol. The van der Waals surface area contributed by atoms with Crippen LogP contribution in [0.15, 0.2) is 57.7 Å². The second kappa shape index (κ2) is 6.13. The maximum atomic E-state index is 11.9. The van der Waals surface area contributed by atoms with Crippen molar-refractivity contribution in [2.45, 2.75) is 0 Å². The second-order valence-corrected chi connectivity index (χ2v) is 5.18. The number of azo groups is 1. The van der Waals surface area contributed by atoms with Gasteiger partial charge in [0.25, 0.3) is 5.56 Å². The Morgan fingerprint density at radius 1 is 1.00 bits per heavy atom. The van der Waals surface area contributed by atoms with Gasteiger partial charge in [-0.2, -0.15) is 0 Å². The third-order valence-electron chi connectivity index (χ3n) is 2.89. The molecule has 2 aromatic heterocycles. The molecule has 3 rings (SSSR count). The maximum Gasteiger partial charge on any atom is 0.292 e. The summed E-state index contributed by atoms with van der Waals surface area (Å²) >= 11 is 11.9. The van der Waals surface area contributed by atoms with Gasteiger partial charge < -0.3 is 0 Å². The highest BCUT2D eigenvalue weighted by Gasteiger charge is 2.11. The lowest BCUT2D eigenvalue weighted by atomic mass is 10.2. The van der Waals surface area contributed by atoms with Crippen LogP contribution in [0.2, 0.25) is 10.0 Å². The summed E-state index contributed by atoms with van der Waals surface area (Å²) in [5, 5.41) is 14.1. The molecule has 0 aliphatic rings. The molecule has 0 bridgehead atoms. The summed E-state index contributed by atoms with van der Waals surface area (Å²) in [4.78, 5) is 15.8. The average molecular weight is 334 g/mol. The van der Waals surface area contributed by atoms with Crippen LogP contribution in [0.1, 0.15) is 0 Å². The van der Waals surface area contributed by atoms with E-state index in [9.17, 15) is 4.79 Å². The molecular formula is C14H9Cl2N5O. The van der Waals surface area contributed by atoms with Gasteiger partial charge in [-0.3, -0.25) is 20.0 Å². The van der Waals surface area contributed by atoms with Crippen LogP contribution in [-0.4, -0.2) is 15.2 Å². The van der Waals surface area contributed by atoms with Crippen molar-refractivity contribution in [1.29, 1.82) is 0 Å². The molecule has 3 aromatic rings. The molecule has 0 amide bonds. The molecule has 0 aliphatic heterocycles. The smallest absolute Gasteiger partial charge is 0.292 e. The molecule has 0 atom stereocenters. The Labute approximate surface area is 134 Å². The molecule has 2 heterocycles. The average Bonchev–Trinajstić information content (AvgIpc) is 2.90. The number of hydrogen-bond acceptors (Lipinski definition) is 4. The molecule has 110 valence electrons. The number of nitrogens with zero attached hydrogens (tertiary/aromatic N) is 3. The van der Waals surface area contributed by atoms with Crippen molar-refractivity contribution in [3.8, 4) is 11.3 Å². The maximum absolute atomic E-state index is 11.9. The van der Waals surface area contributed by atoms with E-state index in [0.717, 1.165) is 5.56 Å². The highest BCUT2D eigenvalue weighted by atomic mass is 35.5. The fourth-order valence-electron chi connectivity index (χ4n) is 1.84. The molecule has 0 saturated carbocycles. The number of benzene rings is 1. The van der Waals surface area contributed by atoms with Gasteiger partial charge >= 0.3 is 0 Å². The Bertz CT molecular complexity index is 886. The SMILES string of the molecule is O=c1[nH][nH]c(-c2ccncc2)c1N=Nc1cc(Cl)ccc1Cl. The Kier molecular flexibility index (Phi) is 4.04. The van der Waals surface area contributed by atoms with Gasteiger partial charge in [-0.15, -0.1) is 10.2 Å². The largest absolute Gasteiger partial charge is 0.295 e. The van der Waals surface area contributed by atoms with Gasteiger partial charge in [0.05, 0.1) is 10.7 Å². The number of H-pyrrole nitrogens is 2. The first kappa shape index (κ1) is 14.5. The highest BCUT2D eigenvalue weighted by Crippen LogP contribution is 2.31. The van der Waals surface area contributed by atoms with Crippen molar-refractivity contribution in [2.24, 2.45) is 10.2 Å². The predicted octanol–water partition coefficient (Wildman–Crippen LogP) is 4.49. The van der Waals surface area contributed by atoms with Crippen LogP contribution in [0.4, 0.5) is 11.4 Å². The second-order valence-electron chi connectivity index (χ2n) is 4.33. The van der Waals surface area contributed by atoms with Crippen molar-refractivity contribution >= 4 is 34.6 Å². The third kappa shape index (κ3) is 2.93. The van der Waals surface area contributed by atoms with Crippen LogP contribution in [-0.2, 0) is 0 Å².